The topological polar surface area (TPSA) is 32.3 Å². The molecule has 4 heteroatoms. The third-order valence-corrected chi connectivity index (χ3v) is 2.53. The van der Waals surface area contributed by atoms with Gasteiger partial charge in [0, 0.05) is 30.1 Å². The summed E-state index contributed by atoms with van der Waals surface area (Å²) < 4.78 is 0. The molecule has 1 rings (SSSR count). The Bertz CT molecular complexity index is 421. The monoisotopic (exact) mass is 257 g/mol. The second-order valence-corrected chi connectivity index (χ2v) is 4.09. The van der Waals surface area contributed by atoms with Crippen LogP contribution in [0.1, 0.15) is 18.9 Å². The molecule has 0 heterocycles. The molecule has 0 aliphatic carbocycles. The first-order chi connectivity index (χ1) is 7.65. The van der Waals surface area contributed by atoms with E-state index < -0.39 is 0 Å². The molecule has 0 saturated carbocycles. The molecule has 2 N–H and O–H groups in total. The average Bonchev–Trinajstić information content (AvgIpc) is 2.24. The van der Waals surface area contributed by atoms with E-state index in [2.05, 4.69) is 17.2 Å². The minimum atomic E-state index is 0.0835. The molecule has 0 saturated heterocycles. The number of halogens is 2. The van der Waals surface area contributed by atoms with Crippen molar-refractivity contribution in [2.24, 2.45) is 0 Å². The van der Waals surface area contributed by atoms with Gasteiger partial charge in [0.15, 0.2) is 0 Å². The van der Waals surface area contributed by atoms with Crippen LogP contribution in [0.2, 0.25) is 10.0 Å². The summed E-state index contributed by atoms with van der Waals surface area (Å²) in [6.45, 7) is 3.10. The highest BCUT2D eigenvalue weighted by Crippen LogP contribution is 2.30. The fourth-order valence-electron chi connectivity index (χ4n) is 1.25. The van der Waals surface area contributed by atoms with Crippen LogP contribution in [0, 0.1) is 11.8 Å². The lowest BCUT2D eigenvalue weighted by Gasteiger charge is -2.07. The van der Waals surface area contributed by atoms with E-state index in [1.807, 2.05) is 6.92 Å². The molecule has 0 fully saturated rings. The summed E-state index contributed by atoms with van der Waals surface area (Å²) in [6.07, 6.45) is 0.783. The molecule has 0 radical (unpaired) electrons. The number of hydrogen-bond acceptors (Lipinski definition) is 2. The van der Waals surface area contributed by atoms with Crippen LogP contribution < -0.4 is 5.32 Å². The second-order valence-electron chi connectivity index (χ2n) is 3.25. The van der Waals surface area contributed by atoms with Gasteiger partial charge in [0.2, 0.25) is 0 Å². The Balaban J connectivity index is 2.55. The third-order valence-electron chi connectivity index (χ3n) is 2.03. The van der Waals surface area contributed by atoms with Crippen molar-refractivity contribution in [2.45, 2.75) is 19.9 Å². The first-order valence-corrected chi connectivity index (χ1v) is 5.68. The second kappa shape index (κ2) is 6.65. The van der Waals surface area contributed by atoms with Gasteiger partial charge in [-0.15, -0.1) is 11.8 Å². The van der Waals surface area contributed by atoms with Crippen molar-refractivity contribution >= 4 is 23.2 Å². The molecule has 86 valence electrons. The zero-order valence-corrected chi connectivity index (χ0v) is 10.5. The molecule has 0 spiro atoms. The van der Waals surface area contributed by atoms with Gasteiger partial charge in [-0.05, 0) is 19.1 Å². The number of hydrogen-bond donors (Lipinski definition) is 2. The van der Waals surface area contributed by atoms with Gasteiger partial charge in [-0.3, -0.25) is 0 Å². The summed E-state index contributed by atoms with van der Waals surface area (Å²) in [4.78, 5) is 0. The van der Waals surface area contributed by atoms with E-state index in [9.17, 15) is 5.11 Å². The highest BCUT2D eigenvalue weighted by atomic mass is 35.5. The van der Waals surface area contributed by atoms with Crippen LogP contribution in [0.4, 0.5) is 0 Å². The Kier molecular flexibility index (Phi) is 5.48. The highest BCUT2D eigenvalue weighted by Gasteiger charge is 2.06. The molecule has 0 aliphatic heterocycles. The van der Waals surface area contributed by atoms with E-state index in [-0.39, 0.29) is 10.8 Å². The van der Waals surface area contributed by atoms with Crippen LogP contribution >= 0.6 is 23.2 Å². The summed E-state index contributed by atoms with van der Waals surface area (Å²) >= 11 is 11.6. The molecule has 0 bridgehead atoms. The van der Waals surface area contributed by atoms with Crippen molar-refractivity contribution in [3.8, 4) is 17.6 Å². The number of rotatable bonds is 4. The Morgan fingerprint density at radius 3 is 2.81 bits per heavy atom. The number of phenolic OH excluding ortho intramolecular Hbond substituents is 1. The van der Waals surface area contributed by atoms with E-state index in [1.165, 1.54) is 6.07 Å². The van der Waals surface area contributed by atoms with Gasteiger partial charge in [0.25, 0.3) is 0 Å². The molecule has 0 aliphatic rings. The Morgan fingerprint density at radius 1 is 1.38 bits per heavy atom. The molecule has 0 unspecified atom stereocenters. The molecular weight excluding hydrogens is 245 g/mol. The first-order valence-electron chi connectivity index (χ1n) is 4.92. The van der Waals surface area contributed by atoms with Gasteiger partial charge < -0.3 is 10.4 Å². The van der Waals surface area contributed by atoms with E-state index in [4.69, 9.17) is 23.2 Å². The van der Waals surface area contributed by atoms with Gasteiger partial charge in [-0.1, -0.05) is 23.2 Å². The van der Waals surface area contributed by atoms with Crippen molar-refractivity contribution in [2.75, 3.05) is 6.54 Å². The summed E-state index contributed by atoms with van der Waals surface area (Å²) in [6, 6.07) is 3.21. The predicted octanol–water partition coefficient (Wildman–Crippen LogP) is 3.20. The van der Waals surface area contributed by atoms with Gasteiger partial charge in [0.05, 0.1) is 5.02 Å². The van der Waals surface area contributed by atoms with Crippen LogP contribution in [-0.4, -0.2) is 11.7 Å². The molecule has 0 atom stereocenters. The van der Waals surface area contributed by atoms with E-state index >= 15 is 0 Å². The van der Waals surface area contributed by atoms with Crippen LogP contribution in [0.3, 0.4) is 0 Å². The van der Waals surface area contributed by atoms with Crippen LogP contribution in [0.5, 0.6) is 5.75 Å². The standard InChI is InChI=1S/C12H13Cl2NO/c1-2-3-4-5-15-8-9-6-10(13)7-11(14)12(9)16/h6-7,15-16H,4-5,8H2,1H3. The van der Waals surface area contributed by atoms with Crippen molar-refractivity contribution in [3.63, 3.8) is 0 Å². The van der Waals surface area contributed by atoms with Gasteiger partial charge in [-0.2, -0.15) is 0 Å². The minimum Gasteiger partial charge on any atom is -0.506 e. The maximum Gasteiger partial charge on any atom is 0.138 e. The lowest BCUT2D eigenvalue weighted by Crippen LogP contribution is -2.14. The van der Waals surface area contributed by atoms with E-state index in [1.54, 1.807) is 6.07 Å². The van der Waals surface area contributed by atoms with Crippen molar-refractivity contribution in [1.82, 2.24) is 5.32 Å². The Hall–Kier alpha value is -0.880. The number of phenols is 1. The van der Waals surface area contributed by atoms with Gasteiger partial charge in [0.1, 0.15) is 5.75 Å². The Morgan fingerprint density at radius 2 is 2.12 bits per heavy atom. The molecule has 0 aromatic heterocycles. The number of nitrogens with one attached hydrogen (secondary N) is 1. The van der Waals surface area contributed by atoms with Gasteiger partial charge in [-0.25, -0.2) is 0 Å². The van der Waals surface area contributed by atoms with Crippen LogP contribution in [0.15, 0.2) is 12.1 Å². The summed E-state index contributed by atoms with van der Waals surface area (Å²) in [5.41, 5.74) is 0.696. The average molecular weight is 258 g/mol. The van der Waals surface area contributed by atoms with E-state index in [0.717, 1.165) is 13.0 Å². The minimum absolute atomic E-state index is 0.0835. The summed E-state index contributed by atoms with van der Waals surface area (Å²) in [7, 11) is 0. The SMILES string of the molecule is CC#CCCNCc1cc(Cl)cc(Cl)c1O. The van der Waals surface area contributed by atoms with E-state index in [0.29, 0.717) is 17.1 Å². The smallest absolute Gasteiger partial charge is 0.138 e. The fraction of sp³-hybridized carbons (Fsp3) is 0.333. The molecule has 16 heavy (non-hydrogen) atoms. The summed E-state index contributed by atoms with van der Waals surface area (Å²) in [5, 5.41) is 13.6. The molecule has 1 aromatic carbocycles. The maximum atomic E-state index is 9.67. The van der Waals surface area contributed by atoms with Crippen molar-refractivity contribution in [1.29, 1.82) is 0 Å². The Labute approximate surface area is 106 Å². The lowest BCUT2D eigenvalue weighted by atomic mass is 10.2. The van der Waals surface area contributed by atoms with Crippen LogP contribution in [0.25, 0.3) is 0 Å². The van der Waals surface area contributed by atoms with Crippen molar-refractivity contribution < 1.29 is 5.11 Å². The quantitative estimate of drug-likeness (QED) is 0.642. The zero-order chi connectivity index (χ0) is 12.0. The van der Waals surface area contributed by atoms with Crippen LogP contribution in [-0.2, 0) is 6.54 Å². The predicted molar refractivity (Wildman–Crippen MR) is 67.9 cm³/mol. The summed E-state index contributed by atoms with van der Waals surface area (Å²) in [5.74, 6) is 5.84. The van der Waals surface area contributed by atoms with Crippen molar-refractivity contribution in [3.05, 3.63) is 27.7 Å². The first kappa shape index (κ1) is 13.2. The maximum absolute atomic E-state index is 9.67. The lowest BCUT2D eigenvalue weighted by molar-refractivity contribution is 0.465. The normalized spacial score (nSPS) is 9.69. The molecule has 1 aromatic rings. The molecule has 0 amide bonds. The van der Waals surface area contributed by atoms with Gasteiger partial charge >= 0.3 is 0 Å². The molecular formula is C12H13Cl2NO. The molecule has 2 nitrogen and oxygen atoms in total. The zero-order valence-electron chi connectivity index (χ0n) is 8.98. The number of aromatic hydroxyl groups is 1. The largest absolute Gasteiger partial charge is 0.506 e. The highest BCUT2D eigenvalue weighted by molar-refractivity contribution is 6.35. The third kappa shape index (κ3) is 3.94. The number of benzene rings is 1. The fourth-order valence-corrected chi connectivity index (χ4v) is 1.79.